The zero-order valence-corrected chi connectivity index (χ0v) is 15.9. The number of rotatable bonds is 7. The van der Waals surface area contributed by atoms with E-state index in [2.05, 4.69) is 26.0 Å². The van der Waals surface area contributed by atoms with Gasteiger partial charge >= 0.3 is 5.97 Å². The smallest absolute Gasteiger partial charge is 0.319 e. The van der Waals surface area contributed by atoms with E-state index in [0.717, 1.165) is 17.8 Å². The molecule has 0 aliphatic carbocycles. The molecule has 0 aromatic heterocycles. The molecule has 0 bridgehead atoms. The maximum atomic E-state index is 13.9. The van der Waals surface area contributed by atoms with Gasteiger partial charge in [-0.15, -0.1) is 11.8 Å². The van der Waals surface area contributed by atoms with Gasteiger partial charge in [0, 0.05) is 14.3 Å². The summed E-state index contributed by atoms with van der Waals surface area (Å²) >= 11 is 4.37. The Hall–Kier alpha value is -1.57. The first-order valence-corrected chi connectivity index (χ1v) is 8.89. The second-order valence-corrected chi connectivity index (χ2v) is 7.39. The minimum Gasteiger partial charge on any atom is -0.465 e. The number of carbonyl (C=O) groups is 2. The summed E-state index contributed by atoms with van der Waals surface area (Å²) in [5.41, 5.74) is 7.97. The molecular formula is C15H17BrFN3O3S. The van der Waals surface area contributed by atoms with Crippen molar-refractivity contribution in [1.29, 1.82) is 0 Å². The van der Waals surface area contributed by atoms with Crippen LogP contribution in [0.5, 0.6) is 0 Å². The summed E-state index contributed by atoms with van der Waals surface area (Å²) in [6.45, 7) is 6.02. The van der Waals surface area contributed by atoms with Crippen LogP contribution in [0.1, 0.15) is 37.6 Å². The van der Waals surface area contributed by atoms with Crippen molar-refractivity contribution in [1.82, 2.24) is 0 Å². The molecule has 0 heterocycles. The maximum Gasteiger partial charge on any atom is 0.319 e. The number of benzene rings is 1. The minimum atomic E-state index is -1.01. The highest BCUT2D eigenvalue weighted by Crippen LogP contribution is 2.34. The summed E-state index contributed by atoms with van der Waals surface area (Å²) in [6.07, 6.45) is 0.505. The van der Waals surface area contributed by atoms with Crippen LogP contribution < -0.4 is 0 Å². The van der Waals surface area contributed by atoms with E-state index >= 15 is 0 Å². The van der Waals surface area contributed by atoms with Crippen molar-refractivity contribution in [2.75, 3.05) is 6.61 Å². The molecule has 24 heavy (non-hydrogen) atoms. The molecule has 0 radical (unpaired) electrons. The van der Waals surface area contributed by atoms with Gasteiger partial charge in [-0.05, 0) is 51.0 Å². The van der Waals surface area contributed by atoms with E-state index in [4.69, 9.17) is 10.3 Å². The number of azide groups is 1. The van der Waals surface area contributed by atoms with Crippen molar-refractivity contribution >= 4 is 39.6 Å². The largest absolute Gasteiger partial charge is 0.465 e. The first-order chi connectivity index (χ1) is 11.3. The number of esters is 1. The fraction of sp³-hybridized carbons (Fsp3) is 0.467. The molecule has 1 amide bonds. The van der Waals surface area contributed by atoms with Crippen LogP contribution in [0.3, 0.4) is 0 Å². The van der Waals surface area contributed by atoms with E-state index in [9.17, 15) is 14.0 Å². The molecule has 0 aliphatic rings. The molecule has 0 saturated carbocycles. The highest BCUT2D eigenvalue weighted by molar-refractivity contribution is 9.10. The Morgan fingerprint density at radius 2 is 2.12 bits per heavy atom. The van der Waals surface area contributed by atoms with Crippen LogP contribution in [-0.4, -0.2) is 23.7 Å². The molecule has 1 unspecified atom stereocenters. The van der Waals surface area contributed by atoms with Crippen molar-refractivity contribution < 1.29 is 18.7 Å². The van der Waals surface area contributed by atoms with Crippen LogP contribution >= 0.6 is 27.7 Å². The van der Waals surface area contributed by atoms with Gasteiger partial charge in [0.25, 0.3) is 5.91 Å². The second-order valence-electron chi connectivity index (χ2n) is 5.30. The zero-order chi connectivity index (χ0) is 18.3. The Kier molecular flexibility index (Phi) is 8.24. The average molecular weight is 418 g/mol. The van der Waals surface area contributed by atoms with Crippen molar-refractivity contribution in [2.45, 2.75) is 37.3 Å². The Balaban J connectivity index is 3.03. The highest BCUT2D eigenvalue weighted by Gasteiger charge is 2.23. The van der Waals surface area contributed by atoms with Gasteiger partial charge in [-0.1, -0.05) is 20.8 Å². The molecule has 1 aromatic carbocycles. The lowest BCUT2D eigenvalue weighted by atomic mass is 10.2. The molecule has 0 spiro atoms. The molecule has 0 saturated heterocycles. The van der Waals surface area contributed by atoms with Crippen LogP contribution in [0, 0.1) is 11.7 Å². The first-order valence-electron chi connectivity index (χ1n) is 7.21. The van der Waals surface area contributed by atoms with Gasteiger partial charge in [0.15, 0.2) is 0 Å². The Labute approximate surface area is 151 Å². The standard InChI is InChI=1S/C15H17BrFN3O3S/c1-4-12(15(22)23-7-8(2)3)24-13-5-9(14(21)19-20-18)11(17)6-10(13)16/h5-6,8,12H,4,7H2,1-3H3. The number of carbonyl (C=O) groups excluding carboxylic acids is 2. The Morgan fingerprint density at radius 3 is 2.67 bits per heavy atom. The van der Waals surface area contributed by atoms with E-state index in [1.165, 1.54) is 6.07 Å². The minimum absolute atomic E-state index is 0.224. The fourth-order valence-corrected chi connectivity index (χ4v) is 3.26. The van der Waals surface area contributed by atoms with Crippen molar-refractivity contribution in [3.8, 4) is 0 Å². The quantitative estimate of drug-likeness (QED) is 0.202. The van der Waals surface area contributed by atoms with Crippen molar-refractivity contribution in [3.63, 3.8) is 0 Å². The molecule has 1 rings (SSSR count). The Morgan fingerprint density at radius 1 is 1.46 bits per heavy atom. The summed E-state index contributed by atoms with van der Waals surface area (Å²) in [5, 5.41) is 2.40. The summed E-state index contributed by atoms with van der Waals surface area (Å²) < 4.78 is 19.5. The van der Waals surface area contributed by atoms with E-state index in [0.29, 0.717) is 22.4 Å². The zero-order valence-electron chi connectivity index (χ0n) is 13.5. The third-order valence-corrected chi connectivity index (χ3v) is 5.17. The summed E-state index contributed by atoms with van der Waals surface area (Å²) in [6, 6.07) is 2.37. The van der Waals surface area contributed by atoms with Crippen LogP contribution in [0.15, 0.2) is 26.6 Å². The van der Waals surface area contributed by atoms with Gasteiger partial charge in [-0.3, -0.25) is 9.59 Å². The number of halogens is 2. The molecule has 1 aromatic rings. The monoisotopic (exact) mass is 417 g/mol. The van der Waals surface area contributed by atoms with Gasteiger partial charge < -0.3 is 4.74 Å². The molecule has 130 valence electrons. The number of nitrogens with zero attached hydrogens (tertiary/aromatic N) is 3. The molecule has 9 heteroatoms. The van der Waals surface area contributed by atoms with Crippen LogP contribution in [0.4, 0.5) is 4.39 Å². The third-order valence-electron chi connectivity index (χ3n) is 2.85. The second kappa shape index (κ2) is 9.66. The normalized spacial score (nSPS) is 11.8. The van der Waals surface area contributed by atoms with Gasteiger partial charge in [0.1, 0.15) is 11.1 Å². The van der Waals surface area contributed by atoms with E-state index in [-0.39, 0.29) is 17.5 Å². The van der Waals surface area contributed by atoms with Crippen molar-refractivity contribution in [3.05, 3.63) is 38.4 Å². The van der Waals surface area contributed by atoms with Crippen molar-refractivity contribution in [2.24, 2.45) is 11.0 Å². The topological polar surface area (TPSA) is 92.1 Å². The maximum absolute atomic E-state index is 13.9. The molecular weight excluding hydrogens is 401 g/mol. The van der Waals surface area contributed by atoms with Gasteiger partial charge in [-0.2, -0.15) is 0 Å². The number of hydrogen-bond acceptors (Lipinski definition) is 4. The molecule has 0 fully saturated rings. The van der Waals surface area contributed by atoms with Crippen LogP contribution in [-0.2, 0) is 9.53 Å². The number of amides is 1. The van der Waals surface area contributed by atoms with Crippen LogP contribution in [0.25, 0.3) is 10.4 Å². The third kappa shape index (κ3) is 5.81. The van der Waals surface area contributed by atoms with Crippen LogP contribution in [0.2, 0.25) is 0 Å². The van der Waals surface area contributed by atoms with Gasteiger partial charge in [0.05, 0.1) is 12.2 Å². The summed E-state index contributed by atoms with van der Waals surface area (Å²) in [4.78, 5) is 26.6. The van der Waals surface area contributed by atoms with E-state index in [1.807, 2.05) is 20.8 Å². The Bertz CT molecular complexity index is 678. The van der Waals surface area contributed by atoms with E-state index in [1.54, 1.807) is 0 Å². The van der Waals surface area contributed by atoms with Gasteiger partial charge in [0.2, 0.25) is 0 Å². The molecule has 1 atom stereocenters. The van der Waals surface area contributed by atoms with Gasteiger partial charge in [-0.25, -0.2) is 4.39 Å². The highest BCUT2D eigenvalue weighted by atomic mass is 79.9. The lowest BCUT2D eigenvalue weighted by Crippen LogP contribution is -2.21. The predicted molar refractivity (Wildman–Crippen MR) is 93.3 cm³/mol. The number of hydrogen-bond donors (Lipinski definition) is 0. The molecule has 0 N–H and O–H groups in total. The summed E-state index contributed by atoms with van der Waals surface area (Å²) in [7, 11) is 0. The SMILES string of the molecule is CCC(Sc1cc(C(=O)N=[N+]=[N-])c(F)cc1Br)C(=O)OCC(C)C. The predicted octanol–water partition coefficient (Wildman–Crippen LogP) is 5.11. The lowest BCUT2D eigenvalue weighted by molar-refractivity contribution is -0.144. The number of thioether (sulfide) groups is 1. The first kappa shape index (κ1) is 20.5. The number of ether oxygens (including phenoxy) is 1. The lowest BCUT2D eigenvalue weighted by Gasteiger charge is -2.16. The molecule has 6 nitrogen and oxygen atoms in total. The van der Waals surface area contributed by atoms with E-state index < -0.39 is 17.0 Å². The average Bonchev–Trinajstić information content (AvgIpc) is 2.52. The molecule has 0 aliphatic heterocycles. The fourth-order valence-electron chi connectivity index (χ4n) is 1.67. The summed E-state index contributed by atoms with van der Waals surface area (Å²) in [5.74, 6) is -1.96.